The van der Waals surface area contributed by atoms with Crippen molar-refractivity contribution in [1.29, 1.82) is 0 Å². The molecule has 0 heterocycles. The van der Waals surface area contributed by atoms with Gasteiger partial charge < -0.3 is 33.8 Å². The number of aliphatic hydroxyl groups is 1. The van der Waals surface area contributed by atoms with Crippen LogP contribution in [-0.2, 0) is 65.4 Å². The lowest BCUT2D eigenvalue weighted by Gasteiger charge is -2.21. The molecule has 0 aliphatic rings. The number of ether oxygens (including phenoxy) is 4. The summed E-state index contributed by atoms with van der Waals surface area (Å²) in [4.78, 5) is 73.1. The molecule has 5 atom stereocenters. The number of allylic oxidation sites excluding steroid dienone is 28. The Morgan fingerprint density at radius 2 is 0.509 bits per heavy atom. The van der Waals surface area contributed by atoms with E-state index in [9.17, 15) is 43.2 Å². The molecular weight excluding hydrogens is 1380 g/mol. The van der Waals surface area contributed by atoms with Crippen LogP contribution < -0.4 is 0 Å². The molecule has 0 radical (unpaired) electrons. The topological polar surface area (TPSA) is 237 Å². The molecule has 106 heavy (non-hydrogen) atoms. The van der Waals surface area contributed by atoms with Crippen molar-refractivity contribution in [3.05, 3.63) is 170 Å². The third-order valence-corrected chi connectivity index (χ3v) is 18.1. The Balaban J connectivity index is 5.49. The normalized spacial score (nSPS) is 14.7. The average Bonchev–Trinajstić information content (AvgIpc) is 0.909. The van der Waals surface area contributed by atoms with Crippen LogP contribution in [0.2, 0.25) is 0 Å². The number of carbonyl (C=O) groups excluding carboxylic acids is 4. The van der Waals surface area contributed by atoms with Gasteiger partial charge in [0.1, 0.15) is 19.3 Å². The van der Waals surface area contributed by atoms with Crippen molar-refractivity contribution in [1.82, 2.24) is 0 Å². The first-order chi connectivity index (χ1) is 51.7. The summed E-state index contributed by atoms with van der Waals surface area (Å²) in [7, 11) is -10.0. The van der Waals surface area contributed by atoms with E-state index in [1.165, 1.54) is 38.5 Å². The van der Waals surface area contributed by atoms with Gasteiger partial charge >= 0.3 is 39.5 Å². The second kappa shape index (κ2) is 77.6. The fraction of sp³-hybridized carbons (Fsp3) is 0.632. The van der Waals surface area contributed by atoms with Gasteiger partial charge in [0.15, 0.2) is 12.2 Å². The molecule has 0 amide bonds. The van der Waals surface area contributed by atoms with Gasteiger partial charge in [-0.05, 0) is 167 Å². The summed E-state index contributed by atoms with van der Waals surface area (Å²) in [5.41, 5.74) is 0. The monoisotopic (exact) mass is 1520 g/mol. The van der Waals surface area contributed by atoms with Gasteiger partial charge in [-0.25, -0.2) is 9.13 Å². The Labute approximate surface area is 642 Å². The van der Waals surface area contributed by atoms with E-state index >= 15 is 0 Å². The minimum atomic E-state index is -5.01. The lowest BCUT2D eigenvalue weighted by atomic mass is 10.1. The van der Waals surface area contributed by atoms with Gasteiger partial charge in [-0.2, -0.15) is 0 Å². The first-order valence-electron chi connectivity index (χ1n) is 40.4. The van der Waals surface area contributed by atoms with Crippen LogP contribution in [0.25, 0.3) is 0 Å². The lowest BCUT2D eigenvalue weighted by Crippen LogP contribution is -2.30. The van der Waals surface area contributed by atoms with Gasteiger partial charge in [-0.3, -0.25) is 37.3 Å². The van der Waals surface area contributed by atoms with E-state index in [4.69, 9.17) is 37.0 Å². The number of hydrogen-bond acceptors (Lipinski definition) is 15. The third kappa shape index (κ3) is 76.6. The Bertz CT molecular complexity index is 2680. The van der Waals surface area contributed by atoms with Crippen LogP contribution in [0, 0.1) is 0 Å². The van der Waals surface area contributed by atoms with E-state index in [1.807, 2.05) is 18.2 Å². The van der Waals surface area contributed by atoms with Crippen molar-refractivity contribution in [2.45, 2.75) is 316 Å². The predicted molar refractivity (Wildman–Crippen MR) is 436 cm³/mol. The maximum absolute atomic E-state index is 13.1. The van der Waals surface area contributed by atoms with Gasteiger partial charge in [0, 0.05) is 25.7 Å². The zero-order valence-corrected chi connectivity index (χ0v) is 67.6. The Morgan fingerprint density at radius 3 is 0.811 bits per heavy atom. The average molecular weight is 1520 g/mol. The standard InChI is InChI=1S/C87H142O17P2/c1-5-9-13-17-21-25-29-33-37-39-40-42-46-48-52-56-60-64-68-72-85(90)98-78-83(104-87(92)74-70-66-62-58-54-50-44-36-32-28-24-20-16-12-8-4)80-102-106(95,96)100-76-81(88)75-99-105(93,94)101-79-82(103-86(91)73-69-65-61-57-53-49-43-35-31-27-23-19-15-11-7-3)77-97-84(89)71-67-63-59-55-51-47-45-41-38-34-30-26-22-18-14-10-6-2/h9-10,13-14,21-28,33-38,40,42-45,47-48,52,60,64,81-83,88H,5-8,11-12,15-20,29-32,39,41,46,49-51,53-59,61-63,65-80H2,1-4H3,(H,93,94)(H,95,96)/b13-9-,14-10-,25-21-,26-22-,27-23-,28-24-,37-33-,38-34-,42-40-,43-35-,44-36-,47-45-,52-48-,64-60-. The summed E-state index contributed by atoms with van der Waals surface area (Å²) < 4.78 is 68.5. The number of phosphoric ester groups is 2. The molecule has 0 bridgehead atoms. The molecule has 19 heteroatoms. The number of rotatable bonds is 74. The van der Waals surface area contributed by atoms with Crippen LogP contribution in [0.5, 0.6) is 0 Å². The van der Waals surface area contributed by atoms with E-state index in [0.717, 1.165) is 173 Å². The summed E-state index contributed by atoms with van der Waals surface area (Å²) in [6.07, 6.45) is 92.0. The Kier molecular flexibility index (Phi) is 73.5. The predicted octanol–water partition coefficient (Wildman–Crippen LogP) is 23.8. The summed E-state index contributed by atoms with van der Waals surface area (Å²) in [5, 5.41) is 10.6. The molecule has 0 rings (SSSR count). The number of unbranched alkanes of at least 4 members (excludes halogenated alkanes) is 20. The van der Waals surface area contributed by atoms with Crippen LogP contribution >= 0.6 is 15.6 Å². The van der Waals surface area contributed by atoms with Gasteiger partial charge in [-0.15, -0.1) is 0 Å². The number of esters is 4. The minimum Gasteiger partial charge on any atom is -0.462 e. The third-order valence-electron chi connectivity index (χ3n) is 16.2. The maximum Gasteiger partial charge on any atom is 0.472 e. The highest BCUT2D eigenvalue weighted by molar-refractivity contribution is 7.47. The van der Waals surface area contributed by atoms with Crippen LogP contribution in [0.15, 0.2) is 170 Å². The molecule has 0 saturated carbocycles. The SMILES string of the molecule is CC/C=C\C/C=C\C/C=C\C/C=C\C/C=C\C/C=C\CCC(=O)OCC(COP(=O)(O)OCC(O)COP(=O)(O)OCC(COC(=O)CCCCCC/C=C\C/C=C\C/C=C\C/C=C\CC)OC(=O)CCCCCCC/C=C\C/C=C\CCCCC)OC(=O)CCCCCCC/C=C\C/C=C\CCCCC. The molecule has 0 saturated heterocycles. The van der Waals surface area contributed by atoms with E-state index in [1.54, 1.807) is 0 Å². The zero-order valence-electron chi connectivity index (χ0n) is 65.8. The highest BCUT2D eigenvalue weighted by Crippen LogP contribution is 2.45. The van der Waals surface area contributed by atoms with Crippen molar-refractivity contribution < 1.29 is 80.2 Å². The van der Waals surface area contributed by atoms with Crippen LogP contribution in [0.3, 0.4) is 0 Å². The molecule has 17 nitrogen and oxygen atoms in total. The Hall–Kier alpha value is -5.58. The summed E-state index contributed by atoms with van der Waals surface area (Å²) in [6, 6.07) is 0. The van der Waals surface area contributed by atoms with E-state index < -0.39 is 97.5 Å². The van der Waals surface area contributed by atoms with Crippen molar-refractivity contribution >= 4 is 39.5 Å². The molecule has 602 valence electrons. The van der Waals surface area contributed by atoms with Crippen molar-refractivity contribution in [2.75, 3.05) is 39.6 Å². The fourth-order valence-corrected chi connectivity index (χ4v) is 11.6. The fourth-order valence-electron chi connectivity index (χ4n) is 10.1. The summed E-state index contributed by atoms with van der Waals surface area (Å²) in [5.74, 6) is -2.34. The molecule has 0 aromatic carbocycles. The molecule has 3 N–H and O–H groups in total. The minimum absolute atomic E-state index is 0.0271. The van der Waals surface area contributed by atoms with Crippen LogP contribution in [0.1, 0.15) is 297 Å². The summed E-state index contributed by atoms with van der Waals surface area (Å²) >= 11 is 0. The quantitative estimate of drug-likeness (QED) is 0.0169. The molecular formula is C87H142O17P2. The number of carbonyl (C=O) groups is 4. The second-order valence-corrected chi connectivity index (χ2v) is 29.1. The molecule has 0 aromatic heterocycles. The van der Waals surface area contributed by atoms with Crippen molar-refractivity contribution in [2.24, 2.45) is 0 Å². The Morgan fingerprint density at radius 1 is 0.274 bits per heavy atom. The first-order valence-corrected chi connectivity index (χ1v) is 43.4. The van der Waals surface area contributed by atoms with Gasteiger partial charge in [0.05, 0.1) is 26.4 Å². The van der Waals surface area contributed by atoms with E-state index in [-0.39, 0.29) is 25.7 Å². The van der Waals surface area contributed by atoms with E-state index in [2.05, 4.69) is 180 Å². The highest BCUT2D eigenvalue weighted by Gasteiger charge is 2.30. The summed E-state index contributed by atoms with van der Waals surface area (Å²) in [6.45, 7) is 4.44. The number of aliphatic hydroxyl groups excluding tert-OH is 1. The first kappa shape index (κ1) is 100. The number of phosphoric acid groups is 2. The smallest absolute Gasteiger partial charge is 0.462 e. The highest BCUT2D eigenvalue weighted by atomic mass is 31.2. The largest absolute Gasteiger partial charge is 0.472 e. The number of hydrogen-bond donors (Lipinski definition) is 3. The van der Waals surface area contributed by atoms with Gasteiger partial charge in [0.25, 0.3) is 0 Å². The zero-order chi connectivity index (χ0) is 77.4. The maximum atomic E-state index is 13.1. The molecule has 0 aromatic rings. The van der Waals surface area contributed by atoms with Crippen LogP contribution in [0.4, 0.5) is 0 Å². The lowest BCUT2D eigenvalue weighted by molar-refractivity contribution is -0.161. The molecule has 0 fully saturated rings. The van der Waals surface area contributed by atoms with Crippen LogP contribution in [-0.4, -0.2) is 96.7 Å². The molecule has 0 aliphatic carbocycles. The molecule has 5 unspecified atom stereocenters. The van der Waals surface area contributed by atoms with E-state index in [0.29, 0.717) is 32.1 Å². The molecule has 0 spiro atoms. The van der Waals surface area contributed by atoms with Crippen molar-refractivity contribution in [3.8, 4) is 0 Å². The van der Waals surface area contributed by atoms with Gasteiger partial charge in [-0.1, -0.05) is 275 Å². The second-order valence-electron chi connectivity index (χ2n) is 26.2. The molecule has 0 aliphatic heterocycles. The van der Waals surface area contributed by atoms with Crippen molar-refractivity contribution in [3.63, 3.8) is 0 Å². The van der Waals surface area contributed by atoms with Gasteiger partial charge in [0.2, 0.25) is 0 Å².